The Bertz CT molecular complexity index is 480. The number of quaternary nitrogens is 1. The summed E-state index contributed by atoms with van der Waals surface area (Å²) in [5, 5.41) is 0. The van der Waals surface area contributed by atoms with Crippen molar-refractivity contribution in [3.05, 3.63) is 35.9 Å². The second kappa shape index (κ2) is 5.59. The van der Waals surface area contributed by atoms with E-state index in [2.05, 4.69) is 5.73 Å². The van der Waals surface area contributed by atoms with E-state index in [-0.39, 0.29) is 24.3 Å². The van der Waals surface area contributed by atoms with Crippen molar-refractivity contribution in [2.45, 2.75) is 12.0 Å². The number of hydrogen-bond donors (Lipinski definition) is 1. The first kappa shape index (κ1) is 15.5. The molecule has 1 aliphatic heterocycles. The number of carbonyl (C=O) groups is 2. The maximum absolute atomic E-state index is 12.5. The number of imide groups is 1. The highest BCUT2D eigenvalue weighted by Crippen LogP contribution is 2.38. The molecule has 3 amide bonds. The Morgan fingerprint density at radius 3 is 2.16 bits per heavy atom. The molecule has 1 aromatic rings. The number of benzene rings is 1. The minimum atomic E-state index is -0.894. The number of urea groups is 1. The molecule has 1 saturated heterocycles. The van der Waals surface area contributed by atoms with Gasteiger partial charge in [0.1, 0.15) is 0 Å². The molecule has 0 unspecified atom stereocenters. The number of nitrogens with zero attached hydrogens (tertiary/aromatic N) is 2. The fourth-order valence-corrected chi connectivity index (χ4v) is 2.60. The zero-order valence-corrected chi connectivity index (χ0v) is 11.9. The summed E-state index contributed by atoms with van der Waals surface area (Å²) in [6, 6.07) is 9.16. The Labute approximate surface area is 118 Å². The molecule has 3 N–H and O–H groups in total. The summed E-state index contributed by atoms with van der Waals surface area (Å²) in [4.78, 5) is 27.2. The van der Waals surface area contributed by atoms with Crippen molar-refractivity contribution in [3.63, 3.8) is 0 Å². The fourth-order valence-electron chi connectivity index (χ4n) is 2.60. The third-order valence-electron chi connectivity index (χ3n) is 3.59. The molecule has 0 aromatic heterocycles. The molecule has 0 spiro atoms. The van der Waals surface area contributed by atoms with Gasteiger partial charge in [-0.2, -0.15) is 0 Å². The van der Waals surface area contributed by atoms with Gasteiger partial charge in [0.2, 0.25) is 0 Å². The van der Waals surface area contributed by atoms with Crippen LogP contribution in [0.25, 0.3) is 0 Å². The molecule has 1 aliphatic rings. The zero-order valence-electron chi connectivity index (χ0n) is 11.1. The molecule has 1 atom stereocenters. The first-order valence-electron chi connectivity index (χ1n) is 5.96. The molecule has 0 radical (unpaired) electrons. The van der Waals surface area contributed by atoms with Gasteiger partial charge in [0.15, 0.2) is 5.54 Å². The minimum absolute atomic E-state index is 0. The lowest BCUT2D eigenvalue weighted by molar-refractivity contribution is -0.371. The van der Waals surface area contributed by atoms with Crippen molar-refractivity contribution in [1.82, 2.24) is 9.80 Å². The van der Waals surface area contributed by atoms with Gasteiger partial charge in [-0.3, -0.25) is 9.69 Å². The lowest BCUT2D eigenvalue weighted by Crippen LogP contribution is -3.00. The lowest BCUT2D eigenvalue weighted by atomic mass is 9.85. The van der Waals surface area contributed by atoms with Gasteiger partial charge in [-0.15, -0.1) is 0 Å². The molecular formula is C13H18ClN3O2. The SMILES string of the molecule is CN1C(=O)N(C)[C@@](CC[NH3+])(c2ccccc2)C1=O.[Cl-]. The summed E-state index contributed by atoms with van der Waals surface area (Å²) in [5.74, 6) is -0.176. The monoisotopic (exact) mass is 283 g/mol. The summed E-state index contributed by atoms with van der Waals surface area (Å²) in [7, 11) is 3.20. The number of rotatable bonds is 3. The molecule has 5 nitrogen and oxygen atoms in total. The van der Waals surface area contributed by atoms with Crippen LogP contribution >= 0.6 is 0 Å². The Morgan fingerprint density at radius 1 is 1.16 bits per heavy atom. The van der Waals surface area contributed by atoms with E-state index in [4.69, 9.17) is 0 Å². The zero-order chi connectivity index (χ0) is 13.3. The molecule has 1 aromatic carbocycles. The van der Waals surface area contributed by atoms with Crippen LogP contribution in [0.4, 0.5) is 4.79 Å². The fraction of sp³-hybridized carbons (Fsp3) is 0.385. The highest BCUT2D eigenvalue weighted by atomic mass is 35.5. The molecule has 1 heterocycles. The first-order chi connectivity index (χ1) is 8.55. The molecule has 0 saturated carbocycles. The van der Waals surface area contributed by atoms with E-state index in [9.17, 15) is 9.59 Å². The van der Waals surface area contributed by atoms with Gasteiger partial charge in [0, 0.05) is 20.5 Å². The van der Waals surface area contributed by atoms with Crippen LogP contribution in [0.1, 0.15) is 12.0 Å². The molecule has 1 fully saturated rings. The standard InChI is InChI=1S/C13H17N3O2.ClH/c1-15-11(17)13(8-9-14,16(2)12(15)18)10-6-4-3-5-7-10;/h3-7H,8-9,14H2,1-2H3;1H/t13-;/m0./s1. The number of hydrogen-bond acceptors (Lipinski definition) is 2. The normalized spacial score (nSPS) is 22.7. The smallest absolute Gasteiger partial charge is 0.327 e. The van der Waals surface area contributed by atoms with Crippen molar-refractivity contribution in [2.75, 3.05) is 20.6 Å². The molecule has 0 aliphatic carbocycles. The van der Waals surface area contributed by atoms with Gasteiger partial charge in [-0.1, -0.05) is 30.3 Å². The maximum atomic E-state index is 12.5. The predicted molar refractivity (Wildman–Crippen MR) is 66.4 cm³/mol. The van der Waals surface area contributed by atoms with E-state index in [0.717, 1.165) is 5.56 Å². The topological polar surface area (TPSA) is 68.3 Å². The third-order valence-corrected chi connectivity index (χ3v) is 3.59. The van der Waals surface area contributed by atoms with E-state index in [1.807, 2.05) is 30.3 Å². The predicted octanol–water partition coefficient (Wildman–Crippen LogP) is -2.96. The summed E-state index contributed by atoms with van der Waals surface area (Å²) in [5.41, 5.74) is 3.78. The third kappa shape index (κ3) is 2.09. The summed E-state index contributed by atoms with van der Waals surface area (Å²) in [6.45, 7) is 0.589. The summed E-state index contributed by atoms with van der Waals surface area (Å²) in [6.07, 6.45) is 0.530. The quantitative estimate of drug-likeness (QED) is 0.603. The first-order valence-corrected chi connectivity index (χ1v) is 5.96. The molecule has 2 rings (SSSR count). The van der Waals surface area contributed by atoms with Crippen molar-refractivity contribution < 1.29 is 27.7 Å². The number of carbonyl (C=O) groups excluding carboxylic acids is 2. The average Bonchev–Trinajstić information content (AvgIpc) is 2.56. The van der Waals surface area contributed by atoms with Crippen LogP contribution in [-0.2, 0) is 10.3 Å². The summed E-state index contributed by atoms with van der Waals surface area (Å²) >= 11 is 0. The van der Waals surface area contributed by atoms with Crippen LogP contribution in [-0.4, -0.2) is 42.4 Å². The van der Waals surface area contributed by atoms with Crippen molar-refractivity contribution in [1.29, 1.82) is 0 Å². The van der Waals surface area contributed by atoms with Crippen molar-refractivity contribution >= 4 is 11.9 Å². The van der Waals surface area contributed by atoms with Crippen LogP contribution in [0.3, 0.4) is 0 Å². The van der Waals surface area contributed by atoms with E-state index in [1.165, 1.54) is 16.8 Å². The van der Waals surface area contributed by atoms with Gasteiger partial charge in [0.05, 0.1) is 6.54 Å². The highest BCUT2D eigenvalue weighted by Gasteiger charge is 2.55. The lowest BCUT2D eigenvalue weighted by Gasteiger charge is -2.32. The number of amides is 3. The Morgan fingerprint density at radius 2 is 1.74 bits per heavy atom. The van der Waals surface area contributed by atoms with Gasteiger partial charge < -0.3 is 23.0 Å². The Hall–Kier alpha value is -1.59. The molecular weight excluding hydrogens is 266 g/mol. The van der Waals surface area contributed by atoms with Gasteiger partial charge in [0.25, 0.3) is 5.91 Å². The average molecular weight is 284 g/mol. The number of likely N-dealkylation sites (N-methyl/N-ethyl adjacent to an activating group) is 2. The molecule has 6 heteroatoms. The van der Waals surface area contributed by atoms with E-state index >= 15 is 0 Å². The van der Waals surface area contributed by atoms with Gasteiger partial charge >= 0.3 is 6.03 Å². The van der Waals surface area contributed by atoms with E-state index in [1.54, 1.807) is 7.05 Å². The van der Waals surface area contributed by atoms with Crippen LogP contribution in [0.2, 0.25) is 0 Å². The molecule has 104 valence electrons. The van der Waals surface area contributed by atoms with Crippen molar-refractivity contribution in [2.24, 2.45) is 0 Å². The van der Waals surface area contributed by atoms with Gasteiger partial charge in [-0.25, -0.2) is 4.79 Å². The summed E-state index contributed by atoms with van der Waals surface area (Å²) < 4.78 is 0. The van der Waals surface area contributed by atoms with E-state index < -0.39 is 5.54 Å². The van der Waals surface area contributed by atoms with Crippen molar-refractivity contribution in [3.8, 4) is 0 Å². The van der Waals surface area contributed by atoms with Crippen LogP contribution in [0, 0.1) is 0 Å². The van der Waals surface area contributed by atoms with E-state index in [0.29, 0.717) is 13.0 Å². The Kier molecular flexibility index (Phi) is 4.55. The van der Waals surface area contributed by atoms with Crippen LogP contribution in [0.5, 0.6) is 0 Å². The molecule has 19 heavy (non-hydrogen) atoms. The number of halogens is 1. The second-order valence-electron chi connectivity index (χ2n) is 4.54. The second-order valence-corrected chi connectivity index (χ2v) is 4.54. The molecule has 0 bridgehead atoms. The largest absolute Gasteiger partial charge is 1.00 e. The highest BCUT2D eigenvalue weighted by molar-refractivity contribution is 6.07. The Balaban J connectivity index is 0.00000180. The van der Waals surface area contributed by atoms with Crippen LogP contribution in [0.15, 0.2) is 30.3 Å². The van der Waals surface area contributed by atoms with Gasteiger partial charge in [-0.05, 0) is 5.56 Å². The maximum Gasteiger partial charge on any atom is 0.327 e. The minimum Gasteiger partial charge on any atom is -1.00 e. The van der Waals surface area contributed by atoms with Crippen LogP contribution < -0.4 is 18.1 Å².